The maximum absolute atomic E-state index is 13.5. The molecule has 0 aromatic heterocycles. The van der Waals surface area contributed by atoms with Crippen LogP contribution in [0.5, 0.6) is 5.75 Å². The van der Waals surface area contributed by atoms with Crippen molar-refractivity contribution in [2.75, 3.05) is 13.7 Å². The molecular formula is C25H22F2O6. The number of benzene rings is 3. The van der Waals surface area contributed by atoms with Crippen LogP contribution in [0.2, 0.25) is 0 Å². The lowest BCUT2D eigenvalue weighted by Crippen LogP contribution is -2.30. The van der Waals surface area contributed by atoms with Crippen LogP contribution in [0, 0.1) is 11.6 Å². The largest absolute Gasteiger partial charge is 0.482 e. The van der Waals surface area contributed by atoms with Crippen molar-refractivity contribution in [3.05, 3.63) is 101 Å². The fourth-order valence-electron chi connectivity index (χ4n) is 3.19. The summed E-state index contributed by atoms with van der Waals surface area (Å²) < 4.78 is 43.1. The van der Waals surface area contributed by atoms with E-state index in [1.807, 2.05) is 0 Å². The molecule has 0 heterocycles. The van der Waals surface area contributed by atoms with Gasteiger partial charge < -0.3 is 19.3 Å². The van der Waals surface area contributed by atoms with E-state index >= 15 is 0 Å². The molecule has 1 N–H and O–H groups in total. The van der Waals surface area contributed by atoms with Crippen molar-refractivity contribution in [3.63, 3.8) is 0 Å². The third kappa shape index (κ3) is 6.85. The average molecular weight is 456 g/mol. The van der Waals surface area contributed by atoms with Gasteiger partial charge in [0.1, 0.15) is 23.5 Å². The molecule has 1 atom stereocenters. The fraction of sp³-hybridized carbons (Fsp3) is 0.200. The maximum Gasteiger partial charge on any atom is 0.341 e. The third-order valence-electron chi connectivity index (χ3n) is 4.82. The Morgan fingerprint density at radius 1 is 0.848 bits per heavy atom. The van der Waals surface area contributed by atoms with Crippen LogP contribution in [0.15, 0.2) is 72.8 Å². The molecule has 0 fully saturated rings. The van der Waals surface area contributed by atoms with Crippen molar-refractivity contribution >= 4 is 11.9 Å². The molecular weight excluding hydrogens is 434 g/mol. The number of esters is 1. The Balaban J connectivity index is 1.84. The van der Waals surface area contributed by atoms with E-state index in [-0.39, 0.29) is 6.42 Å². The molecule has 3 aromatic rings. The number of carbonyl (C=O) groups is 2. The van der Waals surface area contributed by atoms with Crippen molar-refractivity contribution in [3.8, 4) is 5.75 Å². The van der Waals surface area contributed by atoms with E-state index in [4.69, 9.17) is 19.3 Å². The van der Waals surface area contributed by atoms with Crippen LogP contribution < -0.4 is 4.74 Å². The van der Waals surface area contributed by atoms with E-state index < -0.39 is 42.4 Å². The molecule has 33 heavy (non-hydrogen) atoms. The molecule has 172 valence electrons. The van der Waals surface area contributed by atoms with Gasteiger partial charge in [0.15, 0.2) is 12.7 Å². The van der Waals surface area contributed by atoms with Crippen molar-refractivity contribution in [2.45, 2.75) is 18.6 Å². The molecule has 0 radical (unpaired) electrons. The Morgan fingerprint density at radius 2 is 1.36 bits per heavy atom. The number of carbonyl (C=O) groups excluding carboxylic acids is 1. The van der Waals surface area contributed by atoms with E-state index in [2.05, 4.69) is 0 Å². The van der Waals surface area contributed by atoms with E-state index in [0.717, 1.165) is 0 Å². The first-order valence-corrected chi connectivity index (χ1v) is 10.0. The molecule has 0 bridgehead atoms. The van der Waals surface area contributed by atoms with Gasteiger partial charge in [0.05, 0.1) is 7.11 Å². The highest BCUT2D eigenvalue weighted by Gasteiger charge is 2.27. The van der Waals surface area contributed by atoms with Crippen LogP contribution in [0.1, 0.15) is 22.8 Å². The predicted octanol–water partition coefficient (Wildman–Crippen LogP) is 4.32. The average Bonchev–Trinajstić information content (AvgIpc) is 2.82. The van der Waals surface area contributed by atoms with Gasteiger partial charge in [0.2, 0.25) is 0 Å². The van der Waals surface area contributed by atoms with E-state index in [1.165, 1.54) is 55.6 Å². The summed E-state index contributed by atoms with van der Waals surface area (Å²) in [6, 6.07) is 17.8. The zero-order valence-electron chi connectivity index (χ0n) is 17.7. The van der Waals surface area contributed by atoms with Crippen molar-refractivity contribution in [1.29, 1.82) is 0 Å². The standard InChI is InChI=1S/C25H22F2O6/c1-31-25(30)22(14-16-2-12-21(13-3-16)32-15-23(28)29)33-24(17-4-8-19(26)9-5-17)18-6-10-20(27)11-7-18/h2-13,22,24H,14-15H2,1H3,(H,28,29). The first-order chi connectivity index (χ1) is 15.9. The Kier molecular flexibility index (Phi) is 8.10. The summed E-state index contributed by atoms with van der Waals surface area (Å²) in [4.78, 5) is 23.1. The number of carboxylic acids is 1. The summed E-state index contributed by atoms with van der Waals surface area (Å²) in [6.07, 6.45) is -1.67. The highest BCUT2D eigenvalue weighted by atomic mass is 19.1. The predicted molar refractivity (Wildman–Crippen MR) is 115 cm³/mol. The number of carboxylic acid groups (broad SMARTS) is 1. The second-order valence-corrected chi connectivity index (χ2v) is 7.16. The van der Waals surface area contributed by atoms with Crippen molar-refractivity contribution < 1.29 is 37.7 Å². The molecule has 8 heteroatoms. The number of aliphatic carboxylic acids is 1. The van der Waals surface area contributed by atoms with Gasteiger partial charge >= 0.3 is 11.9 Å². The summed E-state index contributed by atoms with van der Waals surface area (Å²) in [7, 11) is 1.24. The molecule has 0 saturated carbocycles. The Bertz CT molecular complexity index is 1020. The summed E-state index contributed by atoms with van der Waals surface area (Å²) in [5, 5.41) is 8.70. The van der Waals surface area contributed by atoms with Gasteiger partial charge in [-0.1, -0.05) is 36.4 Å². The second kappa shape index (κ2) is 11.2. The van der Waals surface area contributed by atoms with Crippen LogP contribution in [-0.2, 0) is 25.5 Å². The van der Waals surface area contributed by atoms with Gasteiger partial charge in [-0.2, -0.15) is 0 Å². The van der Waals surface area contributed by atoms with Crippen LogP contribution in [0.4, 0.5) is 8.78 Å². The topological polar surface area (TPSA) is 82.1 Å². The highest BCUT2D eigenvalue weighted by Crippen LogP contribution is 2.29. The summed E-state index contributed by atoms with van der Waals surface area (Å²) in [5.41, 5.74) is 1.87. The molecule has 3 rings (SSSR count). The lowest BCUT2D eigenvalue weighted by atomic mass is 10.00. The first-order valence-electron chi connectivity index (χ1n) is 10.0. The first kappa shape index (κ1) is 23.9. The summed E-state index contributed by atoms with van der Waals surface area (Å²) in [5.74, 6) is -2.19. The van der Waals surface area contributed by atoms with Crippen LogP contribution in [0.3, 0.4) is 0 Å². The smallest absolute Gasteiger partial charge is 0.341 e. The van der Waals surface area contributed by atoms with Gasteiger partial charge in [0.25, 0.3) is 0 Å². The monoisotopic (exact) mass is 456 g/mol. The lowest BCUT2D eigenvalue weighted by molar-refractivity contribution is -0.156. The summed E-state index contributed by atoms with van der Waals surface area (Å²) >= 11 is 0. The molecule has 0 aliphatic carbocycles. The number of rotatable bonds is 10. The number of ether oxygens (including phenoxy) is 3. The fourth-order valence-corrected chi connectivity index (χ4v) is 3.19. The minimum atomic E-state index is -1.09. The minimum absolute atomic E-state index is 0.144. The second-order valence-electron chi connectivity index (χ2n) is 7.16. The van der Waals surface area contributed by atoms with Gasteiger partial charge in [-0.05, 0) is 53.1 Å². The van der Waals surface area contributed by atoms with Gasteiger partial charge in [-0.15, -0.1) is 0 Å². The normalized spacial score (nSPS) is 11.8. The Morgan fingerprint density at radius 3 is 1.82 bits per heavy atom. The van der Waals surface area contributed by atoms with Crippen molar-refractivity contribution in [2.24, 2.45) is 0 Å². The maximum atomic E-state index is 13.5. The number of hydrogen-bond acceptors (Lipinski definition) is 5. The highest BCUT2D eigenvalue weighted by molar-refractivity contribution is 5.75. The minimum Gasteiger partial charge on any atom is -0.482 e. The molecule has 1 unspecified atom stereocenters. The Labute approximate surface area is 189 Å². The van der Waals surface area contributed by atoms with Crippen LogP contribution in [0.25, 0.3) is 0 Å². The van der Waals surface area contributed by atoms with E-state index in [9.17, 15) is 18.4 Å². The third-order valence-corrected chi connectivity index (χ3v) is 4.82. The molecule has 6 nitrogen and oxygen atoms in total. The van der Waals surface area contributed by atoms with Gasteiger partial charge in [-0.3, -0.25) is 0 Å². The van der Waals surface area contributed by atoms with E-state index in [1.54, 1.807) is 24.3 Å². The number of methoxy groups -OCH3 is 1. The zero-order chi connectivity index (χ0) is 23.8. The van der Waals surface area contributed by atoms with Crippen LogP contribution in [-0.4, -0.2) is 36.9 Å². The molecule has 0 spiro atoms. The lowest BCUT2D eigenvalue weighted by Gasteiger charge is -2.24. The molecule has 3 aromatic carbocycles. The van der Waals surface area contributed by atoms with E-state index in [0.29, 0.717) is 22.4 Å². The molecule has 0 amide bonds. The molecule has 0 saturated heterocycles. The van der Waals surface area contributed by atoms with Crippen LogP contribution >= 0.6 is 0 Å². The van der Waals surface area contributed by atoms with Gasteiger partial charge in [0, 0.05) is 6.42 Å². The summed E-state index contributed by atoms with van der Waals surface area (Å²) in [6.45, 7) is -0.468. The zero-order valence-corrected chi connectivity index (χ0v) is 17.7. The Hall–Kier alpha value is -3.78. The van der Waals surface area contributed by atoms with Gasteiger partial charge in [-0.25, -0.2) is 18.4 Å². The molecule has 0 aliphatic heterocycles. The molecule has 0 aliphatic rings. The SMILES string of the molecule is COC(=O)C(Cc1ccc(OCC(=O)O)cc1)OC(c1ccc(F)cc1)c1ccc(F)cc1. The van der Waals surface area contributed by atoms with Crippen molar-refractivity contribution in [1.82, 2.24) is 0 Å². The quantitative estimate of drug-likeness (QED) is 0.458. The number of halogens is 2. The number of hydrogen-bond donors (Lipinski definition) is 1.